The van der Waals surface area contributed by atoms with Crippen LogP contribution < -0.4 is 0 Å². The number of fused-ring (bicyclic) bond motifs is 2. The smallest absolute Gasteiger partial charge is 0.124 e. The molecule has 0 bridgehead atoms. The van der Waals surface area contributed by atoms with Crippen LogP contribution in [0, 0.1) is 0 Å². The molecular formula is C34H24N2O2Zn. The molecule has 0 heterocycles. The molecule has 0 atom stereocenters. The van der Waals surface area contributed by atoms with Crippen molar-refractivity contribution in [3.05, 3.63) is 132 Å². The second-order valence-electron chi connectivity index (χ2n) is 9.00. The Hall–Kier alpha value is -4.60. The zero-order chi connectivity index (χ0) is 25.9. The Labute approximate surface area is 239 Å². The van der Waals surface area contributed by atoms with Gasteiger partial charge in [0.05, 0.1) is 11.4 Å². The van der Waals surface area contributed by atoms with Gasteiger partial charge < -0.3 is 10.2 Å². The minimum Gasteiger partial charge on any atom is -0.507 e. The molecule has 0 aliphatic heterocycles. The van der Waals surface area contributed by atoms with E-state index in [9.17, 15) is 10.2 Å². The Kier molecular flexibility index (Phi) is 7.63. The van der Waals surface area contributed by atoms with E-state index < -0.39 is 0 Å². The van der Waals surface area contributed by atoms with E-state index in [1.807, 2.05) is 60.7 Å². The molecule has 0 aliphatic carbocycles. The van der Waals surface area contributed by atoms with Gasteiger partial charge in [0.25, 0.3) is 0 Å². The quantitative estimate of drug-likeness (QED) is 0.165. The summed E-state index contributed by atoms with van der Waals surface area (Å²) in [4.78, 5) is 9.73. The first kappa shape index (κ1) is 26.0. The minimum absolute atomic E-state index is 0. The Morgan fingerprint density at radius 1 is 0.436 bits per heavy atom. The van der Waals surface area contributed by atoms with Gasteiger partial charge in [-0.15, -0.1) is 0 Å². The van der Waals surface area contributed by atoms with Gasteiger partial charge in [-0.1, -0.05) is 84.9 Å². The van der Waals surface area contributed by atoms with Gasteiger partial charge in [-0.05, 0) is 57.9 Å². The van der Waals surface area contributed by atoms with Crippen molar-refractivity contribution in [2.24, 2.45) is 9.98 Å². The maximum absolute atomic E-state index is 10.3. The number of nitrogens with zero attached hydrogens (tertiary/aromatic N) is 2. The van der Waals surface area contributed by atoms with Crippen molar-refractivity contribution in [1.29, 1.82) is 0 Å². The molecule has 6 aromatic rings. The number of aromatic hydroxyl groups is 2. The third kappa shape index (κ3) is 5.22. The minimum atomic E-state index is 0. The normalized spacial score (nSPS) is 11.4. The van der Waals surface area contributed by atoms with Crippen LogP contribution >= 0.6 is 0 Å². The number of hydrogen-bond donors (Lipinski definition) is 2. The zero-order valence-electron chi connectivity index (χ0n) is 21.2. The standard InChI is InChI=1S/C34H24N2O2.Zn/c37-31-15-7-3-11-25(31)21-35-29-19-17-23-9-1-5-13-27(23)33(29)34-28-14-6-2-10-24(28)18-20-30(34)36-22-26-12-4-8-16-32(26)38;/h1-22,37-38H;. The number of para-hydroxylation sites is 2. The maximum Gasteiger partial charge on any atom is 0.124 e. The van der Waals surface area contributed by atoms with E-state index in [1.165, 1.54) is 0 Å². The molecule has 0 saturated heterocycles. The Balaban J connectivity index is 0.00000308. The van der Waals surface area contributed by atoms with Crippen LogP contribution in [0.4, 0.5) is 11.4 Å². The third-order valence-electron chi connectivity index (χ3n) is 6.62. The van der Waals surface area contributed by atoms with E-state index in [-0.39, 0.29) is 31.0 Å². The predicted octanol–water partition coefficient (Wildman–Crippen LogP) is 8.57. The molecule has 5 heteroatoms. The van der Waals surface area contributed by atoms with E-state index >= 15 is 0 Å². The van der Waals surface area contributed by atoms with Gasteiger partial charge in [0.15, 0.2) is 0 Å². The van der Waals surface area contributed by atoms with Crippen LogP contribution in [0.25, 0.3) is 32.7 Å². The van der Waals surface area contributed by atoms with Crippen LogP contribution in [0.5, 0.6) is 11.5 Å². The van der Waals surface area contributed by atoms with E-state index in [2.05, 4.69) is 36.4 Å². The van der Waals surface area contributed by atoms with Crippen molar-refractivity contribution < 1.29 is 29.7 Å². The fraction of sp³-hybridized carbons (Fsp3) is 0. The van der Waals surface area contributed by atoms with Crippen molar-refractivity contribution in [3.63, 3.8) is 0 Å². The Morgan fingerprint density at radius 3 is 1.26 bits per heavy atom. The molecule has 0 spiro atoms. The summed E-state index contributed by atoms with van der Waals surface area (Å²) in [5.41, 5.74) is 4.72. The first-order chi connectivity index (χ1) is 18.7. The van der Waals surface area contributed by atoms with Gasteiger partial charge in [-0.3, -0.25) is 9.98 Å². The topological polar surface area (TPSA) is 65.2 Å². The summed E-state index contributed by atoms with van der Waals surface area (Å²) in [6.45, 7) is 0. The number of phenols is 2. The number of hydrogen-bond acceptors (Lipinski definition) is 4. The summed E-state index contributed by atoms with van der Waals surface area (Å²) < 4.78 is 0. The van der Waals surface area contributed by atoms with Crippen molar-refractivity contribution >= 4 is 45.3 Å². The summed E-state index contributed by atoms with van der Waals surface area (Å²) in [5.74, 6) is 0.355. The van der Waals surface area contributed by atoms with Crippen molar-refractivity contribution in [1.82, 2.24) is 0 Å². The first-order valence-electron chi connectivity index (χ1n) is 12.4. The molecule has 0 aliphatic rings. The Morgan fingerprint density at radius 2 is 0.821 bits per heavy atom. The molecule has 6 aromatic carbocycles. The Bertz CT molecular complexity index is 1720. The molecule has 2 N–H and O–H groups in total. The monoisotopic (exact) mass is 556 g/mol. The van der Waals surface area contributed by atoms with Gasteiger partial charge in [-0.2, -0.15) is 0 Å². The molecule has 0 aromatic heterocycles. The molecule has 0 saturated carbocycles. The largest absolute Gasteiger partial charge is 0.507 e. The second-order valence-corrected chi connectivity index (χ2v) is 9.00. The number of phenolic OH excluding ortho intramolecular Hbond substituents is 2. The van der Waals surface area contributed by atoms with Gasteiger partial charge in [0.2, 0.25) is 0 Å². The van der Waals surface area contributed by atoms with Crippen LogP contribution in [-0.2, 0) is 19.5 Å². The van der Waals surface area contributed by atoms with Crippen LogP contribution in [-0.4, -0.2) is 22.6 Å². The van der Waals surface area contributed by atoms with E-state index in [0.717, 1.165) is 44.0 Å². The van der Waals surface area contributed by atoms with Gasteiger partial charge in [-0.25, -0.2) is 0 Å². The fourth-order valence-corrected chi connectivity index (χ4v) is 4.73. The maximum atomic E-state index is 10.3. The summed E-state index contributed by atoms with van der Waals surface area (Å²) >= 11 is 0. The fourth-order valence-electron chi connectivity index (χ4n) is 4.73. The SMILES string of the molecule is Oc1ccccc1C=Nc1ccc2ccccc2c1-c1c(N=Cc2ccccc2O)ccc2ccccc12.[Zn]. The summed E-state index contributed by atoms with van der Waals surface area (Å²) in [6.07, 6.45) is 3.39. The van der Waals surface area contributed by atoms with E-state index in [0.29, 0.717) is 11.1 Å². The molecule has 4 nitrogen and oxygen atoms in total. The predicted molar refractivity (Wildman–Crippen MR) is 158 cm³/mol. The number of rotatable bonds is 5. The molecule has 0 unspecified atom stereocenters. The third-order valence-corrected chi connectivity index (χ3v) is 6.62. The van der Waals surface area contributed by atoms with E-state index in [1.54, 1.807) is 36.7 Å². The molecule has 39 heavy (non-hydrogen) atoms. The van der Waals surface area contributed by atoms with Crippen molar-refractivity contribution in [2.45, 2.75) is 0 Å². The van der Waals surface area contributed by atoms with Crippen LogP contribution in [0.1, 0.15) is 11.1 Å². The first-order valence-corrected chi connectivity index (χ1v) is 12.4. The van der Waals surface area contributed by atoms with Crippen LogP contribution in [0.3, 0.4) is 0 Å². The molecule has 0 radical (unpaired) electrons. The zero-order valence-corrected chi connectivity index (χ0v) is 24.2. The molecular weight excluding hydrogens is 534 g/mol. The summed E-state index contributed by atoms with van der Waals surface area (Å²) in [5, 5.41) is 24.9. The van der Waals surface area contributed by atoms with E-state index in [4.69, 9.17) is 9.98 Å². The molecule has 6 rings (SSSR count). The van der Waals surface area contributed by atoms with Crippen molar-refractivity contribution in [2.75, 3.05) is 0 Å². The van der Waals surface area contributed by atoms with Crippen LogP contribution in [0.15, 0.2) is 131 Å². The van der Waals surface area contributed by atoms with Crippen molar-refractivity contribution in [3.8, 4) is 22.6 Å². The number of benzene rings is 6. The van der Waals surface area contributed by atoms with Gasteiger partial charge >= 0.3 is 0 Å². The molecule has 184 valence electrons. The summed E-state index contributed by atoms with van der Waals surface area (Å²) in [7, 11) is 0. The second kappa shape index (κ2) is 11.4. The number of aliphatic imine (C=N–C) groups is 2. The molecule has 0 fully saturated rings. The van der Waals surface area contributed by atoms with Gasteiger partial charge in [0, 0.05) is 54.2 Å². The van der Waals surface area contributed by atoms with Crippen LogP contribution in [0.2, 0.25) is 0 Å². The summed E-state index contributed by atoms with van der Waals surface area (Å²) in [6, 6.07) is 38.9. The van der Waals surface area contributed by atoms with Gasteiger partial charge in [0.1, 0.15) is 11.5 Å². The molecule has 0 amide bonds. The average Bonchev–Trinajstić information content (AvgIpc) is 2.96. The average molecular weight is 558 g/mol.